The third-order valence-electron chi connectivity index (χ3n) is 2.32. The zero-order valence-electron chi connectivity index (χ0n) is 8.98. The van der Waals surface area contributed by atoms with Crippen LogP contribution in [0.1, 0.15) is 9.67 Å². The molecule has 18 heavy (non-hydrogen) atoms. The first kappa shape index (κ1) is 12.8. The van der Waals surface area contributed by atoms with Crippen LogP contribution in [0.3, 0.4) is 0 Å². The highest BCUT2D eigenvalue weighted by molar-refractivity contribution is 7.11. The lowest BCUT2D eigenvalue weighted by Crippen LogP contribution is -2.37. The van der Waals surface area contributed by atoms with Crippen LogP contribution in [0.25, 0.3) is 0 Å². The van der Waals surface area contributed by atoms with Crippen molar-refractivity contribution in [2.75, 3.05) is 19.8 Å². The average molecular weight is 279 g/mol. The maximum atomic E-state index is 12.2. The van der Waals surface area contributed by atoms with Gasteiger partial charge in [-0.1, -0.05) is 0 Å². The van der Waals surface area contributed by atoms with Crippen LogP contribution in [0.2, 0.25) is 0 Å². The molecule has 0 aliphatic carbocycles. The second-order valence-electron chi connectivity index (χ2n) is 3.72. The number of nitrogens with zero attached hydrogens (tertiary/aromatic N) is 3. The van der Waals surface area contributed by atoms with E-state index in [-0.39, 0.29) is 13.2 Å². The highest BCUT2D eigenvalue weighted by Crippen LogP contribution is 2.20. The minimum atomic E-state index is -4.46. The lowest BCUT2D eigenvalue weighted by molar-refractivity contribution is -0.157. The summed E-state index contributed by atoms with van der Waals surface area (Å²) in [7, 11) is 0. The van der Waals surface area contributed by atoms with E-state index in [2.05, 4.69) is 4.98 Å². The van der Waals surface area contributed by atoms with Gasteiger partial charge < -0.3 is 9.80 Å². The van der Waals surface area contributed by atoms with E-state index in [0.29, 0.717) is 9.78 Å². The van der Waals surface area contributed by atoms with E-state index in [0.717, 1.165) is 16.2 Å². The van der Waals surface area contributed by atoms with E-state index in [1.165, 1.54) is 11.7 Å². The van der Waals surface area contributed by atoms with Crippen molar-refractivity contribution < 1.29 is 22.8 Å². The molecule has 1 aromatic heterocycles. The van der Waals surface area contributed by atoms with Gasteiger partial charge in [0.25, 0.3) is 5.91 Å². The van der Waals surface area contributed by atoms with E-state index in [4.69, 9.17) is 0 Å². The van der Waals surface area contributed by atoms with E-state index in [1.54, 1.807) is 0 Å². The first-order valence-corrected chi connectivity index (χ1v) is 5.77. The number of halogens is 3. The van der Waals surface area contributed by atoms with Crippen molar-refractivity contribution in [1.29, 1.82) is 0 Å². The lowest BCUT2D eigenvalue weighted by atomic mass is 10.4. The fourth-order valence-electron chi connectivity index (χ4n) is 1.57. The maximum Gasteiger partial charge on any atom is 0.406 e. The molecule has 1 fully saturated rings. The number of hydrogen-bond donors (Lipinski definition) is 0. The van der Waals surface area contributed by atoms with E-state index < -0.39 is 24.5 Å². The Labute approximate surface area is 104 Å². The van der Waals surface area contributed by atoms with Gasteiger partial charge in [0.1, 0.15) is 18.0 Å². The van der Waals surface area contributed by atoms with Crippen molar-refractivity contribution in [2.24, 2.45) is 0 Å². The third kappa shape index (κ3) is 2.78. The first-order chi connectivity index (χ1) is 8.37. The van der Waals surface area contributed by atoms with Gasteiger partial charge in [0.05, 0.1) is 18.4 Å². The normalized spacial score (nSPS) is 16.5. The fraction of sp³-hybridized carbons (Fsp3) is 0.444. The van der Waals surface area contributed by atoms with E-state index in [9.17, 15) is 22.8 Å². The molecule has 0 unspecified atom stereocenters. The molecule has 1 aliphatic rings. The molecule has 9 heteroatoms. The van der Waals surface area contributed by atoms with Crippen LogP contribution < -0.4 is 0 Å². The Morgan fingerprint density at radius 1 is 1.50 bits per heavy atom. The van der Waals surface area contributed by atoms with Crippen LogP contribution in [0.4, 0.5) is 13.2 Å². The number of carbonyl (C=O) groups is 2. The van der Waals surface area contributed by atoms with Crippen LogP contribution in [0.5, 0.6) is 0 Å². The van der Waals surface area contributed by atoms with Gasteiger partial charge in [0, 0.05) is 0 Å². The Morgan fingerprint density at radius 2 is 2.22 bits per heavy atom. The highest BCUT2D eigenvalue weighted by Gasteiger charge is 2.39. The van der Waals surface area contributed by atoms with Crippen molar-refractivity contribution in [3.8, 4) is 0 Å². The van der Waals surface area contributed by atoms with Crippen molar-refractivity contribution in [1.82, 2.24) is 14.8 Å². The number of aromatic nitrogens is 1. The zero-order valence-corrected chi connectivity index (χ0v) is 9.79. The summed E-state index contributed by atoms with van der Waals surface area (Å²) in [6, 6.07) is 0. The van der Waals surface area contributed by atoms with E-state index in [1.807, 2.05) is 0 Å². The van der Waals surface area contributed by atoms with Crippen LogP contribution in [0.15, 0.2) is 11.7 Å². The van der Waals surface area contributed by atoms with Gasteiger partial charge in [-0.3, -0.25) is 14.6 Å². The third-order valence-corrected chi connectivity index (χ3v) is 3.08. The molecule has 1 aromatic rings. The molecule has 2 heterocycles. The second kappa shape index (κ2) is 4.56. The number of hydrogen-bond acceptors (Lipinski definition) is 4. The second-order valence-corrected chi connectivity index (χ2v) is 4.60. The maximum absolute atomic E-state index is 12.2. The van der Waals surface area contributed by atoms with Crippen molar-refractivity contribution in [2.45, 2.75) is 6.18 Å². The van der Waals surface area contributed by atoms with Gasteiger partial charge in [0.2, 0.25) is 5.91 Å². The predicted molar refractivity (Wildman–Crippen MR) is 55.8 cm³/mol. The summed E-state index contributed by atoms with van der Waals surface area (Å²) in [5.41, 5.74) is 1.44. The monoisotopic (exact) mass is 279 g/mol. The Hall–Kier alpha value is -1.64. The molecule has 98 valence electrons. The highest BCUT2D eigenvalue weighted by atomic mass is 32.1. The van der Waals surface area contributed by atoms with Crippen LogP contribution in [-0.2, 0) is 4.79 Å². The number of rotatable bonds is 2. The zero-order chi connectivity index (χ0) is 13.3. The largest absolute Gasteiger partial charge is 0.406 e. The van der Waals surface area contributed by atoms with Crippen molar-refractivity contribution in [3.05, 3.63) is 16.6 Å². The van der Waals surface area contributed by atoms with Gasteiger partial charge in [0.15, 0.2) is 0 Å². The minimum Gasteiger partial charge on any atom is -0.314 e. The predicted octanol–water partition coefficient (Wildman–Crippen LogP) is 0.947. The topological polar surface area (TPSA) is 53.5 Å². The Bertz CT molecular complexity index is 460. The molecule has 0 radical (unpaired) electrons. The molecular weight excluding hydrogens is 271 g/mol. The van der Waals surface area contributed by atoms with Crippen LogP contribution >= 0.6 is 11.3 Å². The number of alkyl halides is 3. The Kier molecular flexibility index (Phi) is 3.24. The summed E-state index contributed by atoms with van der Waals surface area (Å²) in [5, 5.41) is 0. The van der Waals surface area contributed by atoms with E-state index >= 15 is 0 Å². The molecule has 0 spiro atoms. The van der Waals surface area contributed by atoms with Gasteiger partial charge in [-0.2, -0.15) is 13.2 Å². The van der Waals surface area contributed by atoms with Gasteiger partial charge in [-0.05, 0) is 0 Å². The molecule has 0 bridgehead atoms. The Balaban J connectivity index is 2.03. The quantitative estimate of drug-likeness (QED) is 0.810. The molecular formula is C9H8F3N3O2S. The van der Waals surface area contributed by atoms with Gasteiger partial charge in [-0.15, -0.1) is 11.3 Å². The summed E-state index contributed by atoms with van der Waals surface area (Å²) < 4.78 is 36.5. The van der Waals surface area contributed by atoms with Crippen molar-refractivity contribution >= 4 is 23.2 Å². The lowest BCUT2D eigenvalue weighted by Gasteiger charge is -2.18. The number of amides is 2. The first-order valence-electron chi connectivity index (χ1n) is 4.89. The summed E-state index contributed by atoms with van der Waals surface area (Å²) in [5.74, 6) is -1.18. The van der Waals surface area contributed by atoms with Gasteiger partial charge >= 0.3 is 6.18 Å². The molecule has 2 rings (SSSR count). The molecule has 0 atom stereocenters. The molecule has 0 aromatic carbocycles. The van der Waals surface area contributed by atoms with Crippen molar-refractivity contribution in [3.63, 3.8) is 0 Å². The SMILES string of the molecule is O=C1CN(C(=O)c2cncs2)CN1CC(F)(F)F. The average Bonchev–Trinajstić information content (AvgIpc) is 2.86. The van der Waals surface area contributed by atoms with Crippen LogP contribution in [-0.4, -0.2) is 52.5 Å². The smallest absolute Gasteiger partial charge is 0.314 e. The molecule has 5 nitrogen and oxygen atoms in total. The number of carbonyl (C=O) groups excluding carboxylic acids is 2. The van der Waals surface area contributed by atoms with Crippen LogP contribution in [0, 0.1) is 0 Å². The fourth-order valence-corrected chi connectivity index (χ4v) is 2.15. The molecule has 2 amide bonds. The molecule has 1 saturated heterocycles. The Morgan fingerprint density at radius 3 is 2.78 bits per heavy atom. The molecule has 0 N–H and O–H groups in total. The summed E-state index contributed by atoms with van der Waals surface area (Å²) in [6.45, 7) is -2.00. The summed E-state index contributed by atoms with van der Waals surface area (Å²) in [4.78, 5) is 28.8. The minimum absolute atomic E-state index is 0.302. The van der Waals surface area contributed by atoms with Gasteiger partial charge in [-0.25, -0.2) is 0 Å². The summed E-state index contributed by atoms with van der Waals surface area (Å²) >= 11 is 1.08. The summed E-state index contributed by atoms with van der Waals surface area (Å²) in [6.07, 6.45) is -3.14. The standard InChI is InChI=1S/C9H8F3N3O2S/c10-9(11,12)3-15-5-14(2-7(15)16)8(17)6-1-13-4-18-6/h1,4H,2-3,5H2. The molecule has 1 aliphatic heterocycles. The number of thiazole rings is 1. The molecule has 0 saturated carbocycles.